The molecule has 0 aliphatic carbocycles. The largest absolute Gasteiger partial charge is 0.419 e. The predicted octanol–water partition coefficient (Wildman–Crippen LogP) is 3.10. The van der Waals surface area contributed by atoms with Gasteiger partial charge in [0.1, 0.15) is 5.38 Å². The summed E-state index contributed by atoms with van der Waals surface area (Å²) in [5.41, 5.74) is 2.58. The number of rotatable bonds is 3. The summed E-state index contributed by atoms with van der Waals surface area (Å²) in [5, 5.41) is 14.3. The smallest absolute Gasteiger partial charge is 0.251 e. The van der Waals surface area contributed by atoms with E-state index in [-0.39, 0.29) is 0 Å². The Morgan fingerprint density at radius 3 is 2.68 bits per heavy atom. The molecule has 96 valence electrons. The van der Waals surface area contributed by atoms with E-state index in [1.165, 1.54) is 0 Å². The lowest BCUT2D eigenvalue weighted by molar-refractivity contribution is 0.513. The van der Waals surface area contributed by atoms with Crippen LogP contribution in [0.3, 0.4) is 0 Å². The van der Waals surface area contributed by atoms with Crippen LogP contribution in [0.5, 0.6) is 0 Å². The Labute approximate surface area is 114 Å². The fourth-order valence-electron chi connectivity index (χ4n) is 1.78. The second-order valence-electron chi connectivity index (χ2n) is 4.13. The number of benzene rings is 1. The van der Waals surface area contributed by atoms with Crippen molar-refractivity contribution in [3.63, 3.8) is 0 Å². The minimum Gasteiger partial charge on any atom is -0.419 e. The second kappa shape index (κ2) is 4.85. The normalized spacial score (nSPS) is 12.5. The minimum atomic E-state index is -0.449. The molecular weight excluding hydrogens is 264 g/mol. The van der Waals surface area contributed by atoms with Crippen LogP contribution in [0.15, 0.2) is 40.9 Å². The van der Waals surface area contributed by atoms with Crippen LogP contribution in [0.25, 0.3) is 11.5 Å². The molecule has 19 heavy (non-hydrogen) atoms. The van der Waals surface area contributed by atoms with Crippen molar-refractivity contribution in [1.29, 1.82) is 0 Å². The Kier molecular flexibility index (Phi) is 3.05. The van der Waals surface area contributed by atoms with Gasteiger partial charge in [0.2, 0.25) is 5.89 Å². The molecule has 3 rings (SSSR count). The lowest BCUT2D eigenvalue weighted by atomic mass is 10.1. The van der Waals surface area contributed by atoms with Gasteiger partial charge < -0.3 is 4.42 Å². The first-order valence-corrected chi connectivity index (χ1v) is 6.22. The van der Waals surface area contributed by atoms with Crippen LogP contribution in [0, 0.1) is 6.92 Å². The highest BCUT2D eigenvalue weighted by Crippen LogP contribution is 2.30. The van der Waals surface area contributed by atoms with E-state index in [4.69, 9.17) is 16.0 Å². The monoisotopic (exact) mass is 274 g/mol. The number of hydrogen-bond acceptors (Lipinski definition) is 4. The molecule has 0 saturated carbocycles. The van der Waals surface area contributed by atoms with E-state index >= 15 is 0 Å². The molecule has 5 nitrogen and oxygen atoms in total. The number of aromatic amines is 1. The second-order valence-corrected chi connectivity index (χ2v) is 4.56. The van der Waals surface area contributed by atoms with Gasteiger partial charge in [-0.05, 0) is 12.5 Å². The van der Waals surface area contributed by atoms with Crippen LogP contribution in [0.2, 0.25) is 0 Å². The number of aromatic nitrogens is 4. The Morgan fingerprint density at radius 2 is 2.00 bits per heavy atom. The van der Waals surface area contributed by atoms with Crippen molar-refractivity contribution < 1.29 is 4.42 Å². The van der Waals surface area contributed by atoms with Crippen molar-refractivity contribution in [2.75, 3.05) is 0 Å². The van der Waals surface area contributed by atoms with Gasteiger partial charge in [0, 0.05) is 5.69 Å². The van der Waals surface area contributed by atoms with Gasteiger partial charge in [-0.3, -0.25) is 5.10 Å². The maximum absolute atomic E-state index is 6.33. The van der Waals surface area contributed by atoms with Gasteiger partial charge >= 0.3 is 0 Å². The summed E-state index contributed by atoms with van der Waals surface area (Å²) in [4.78, 5) is 0. The molecule has 0 bridgehead atoms. The molecule has 1 unspecified atom stereocenters. The summed E-state index contributed by atoms with van der Waals surface area (Å²) in [5.74, 6) is 0.797. The lowest BCUT2D eigenvalue weighted by Gasteiger charge is -2.03. The van der Waals surface area contributed by atoms with Crippen molar-refractivity contribution in [3.05, 3.63) is 53.7 Å². The molecule has 6 heteroatoms. The third-order valence-electron chi connectivity index (χ3n) is 2.81. The quantitative estimate of drug-likeness (QED) is 0.745. The molecular formula is C13H11ClN4O. The molecule has 0 aliphatic rings. The molecule has 2 aromatic heterocycles. The molecule has 2 heterocycles. The first-order valence-electron chi connectivity index (χ1n) is 5.78. The first-order chi connectivity index (χ1) is 9.25. The predicted molar refractivity (Wildman–Crippen MR) is 70.8 cm³/mol. The number of H-pyrrole nitrogens is 1. The van der Waals surface area contributed by atoms with Gasteiger partial charge in [-0.2, -0.15) is 5.10 Å². The average Bonchev–Trinajstić information content (AvgIpc) is 3.07. The first kappa shape index (κ1) is 11.9. The zero-order valence-corrected chi connectivity index (χ0v) is 10.9. The number of halogens is 1. The molecule has 0 aliphatic heterocycles. The van der Waals surface area contributed by atoms with E-state index in [0.29, 0.717) is 11.8 Å². The van der Waals surface area contributed by atoms with Gasteiger partial charge in [0.15, 0.2) is 0 Å². The van der Waals surface area contributed by atoms with Crippen LogP contribution in [-0.4, -0.2) is 20.4 Å². The summed E-state index contributed by atoms with van der Waals surface area (Å²) < 4.78 is 5.61. The summed E-state index contributed by atoms with van der Waals surface area (Å²) in [6.07, 6.45) is 1.65. The molecule has 0 fully saturated rings. The maximum Gasteiger partial charge on any atom is 0.251 e. The number of hydrogen-bond donors (Lipinski definition) is 1. The molecule has 1 N–H and O–H groups in total. The SMILES string of the molecule is Cc1[nH]ncc1-c1nnc(C(Cl)c2ccccc2)o1. The van der Waals surface area contributed by atoms with Crippen molar-refractivity contribution in [2.24, 2.45) is 0 Å². The van der Waals surface area contributed by atoms with Crippen LogP contribution in [0.1, 0.15) is 22.5 Å². The highest BCUT2D eigenvalue weighted by atomic mass is 35.5. The van der Waals surface area contributed by atoms with Crippen molar-refractivity contribution in [2.45, 2.75) is 12.3 Å². The number of nitrogens with one attached hydrogen (secondary N) is 1. The topological polar surface area (TPSA) is 67.6 Å². The van der Waals surface area contributed by atoms with Crippen LogP contribution in [-0.2, 0) is 0 Å². The average molecular weight is 275 g/mol. The van der Waals surface area contributed by atoms with Crippen LogP contribution < -0.4 is 0 Å². The maximum atomic E-state index is 6.33. The molecule has 3 aromatic rings. The summed E-state index contributed by atoms with van der Waals surface area (Å²) in [6.45, 7) is 1.89. The third-order valence-corrected chi connectivity index (χ3v) is 3.25. The molecule has 0 radical (unpaired) electrons. The summed E-state index contributed by atoms with van der Waals surface area (Å²) in [7, 11) is 0. The minimum absolute atomic E-state index is 0.378. The van der Waals surface area contributed by atoms with Crippen LogP contribution >= 0.6 is 11.6 Å². The van der Waals surface area contributed by atoms with Crippen LogP contribution in [0.4, 0.5) is 0 Å². The van der Waals surface area contributed by atoms with Gasteiger partial charge in [-0.15, -0.1) is 21.8 Å². The highest BCUT2D eigenvalue weighted by Gasteiger charge is 2.19. The van der Waals surface area contributed by atoms with E-state index in [2.05, 4.69) is 20.4 Å². The third kappa shape index (κ3) is 2.24. The lowest BCUT2D eigenvalue weighted by Crippen LogP contribution is -1.92. The Hall–Kier alpha value is -2.14. The van der Waals surface area contributed by atoms with E-state index in [0.717, 1.165) is 16.8 Å². The van der Waals surface area contributed by atoms with Gasteiger partial charge in [0.25, 0.3) is 5.89 Å². The van der Waals surface area contributed by atoms with Gasteiger partial charge in [-0.1, -0.05) is 30.3 Å². The summed E-state index contributed by atoms with van der Waals surface area (Å²) >= 11 is 6.33. The van der Waals surface area contributed by atoms with Gasteiger partial charge in [-0.25, -0.2) is 0 Å². The number of nitrogens with zero attached hydrogens (tertiary/aromatic N) is 3. The zero-order chi connectivity index (χ0) is 13.2. The van der Waals surface area contributed by atoms with Crippen molar-refractivity contribution in [3.8, 4) is 11.5 Å². The standard InChI is InChI=1S/C13H11ClN4O/c1-8-10(7-15-16-8)12-17-18-13(19-12)11(14)9-5-3-2-4-6-9/h2-7,11H,1H3,(H,15,16). The number of aryl methyl sites for hydroxylation is 1. The Bertz CT molecular complexity index is 677. The Morgan fingerprint density at radius 1 is 1.21 bits per heavy atom. The molecule has 0 spiro atoms. The molecule has 1 atom stereocenters. The van der Waals surface area contributed by atoms with Crippen molar-refractivity contribution in [1.82, 2.24) is 20.4 Å². The van der Waals surface area contributed by atoms with E-state index in [9.17, 15) is 0 Å². The molecule has 1 aromatic carbocycles. The van der Waals surface area contributed by atoms with E-state index in [1.807, 2.05) is 37.3 Å². The zero-order valence-electron chi connectivity index (χ0n) is 10.2. The molecule has 0 saturated heterocycles. The Balaban J connectivity index is 1.92. The highest BCUT2D eigenvalue weighted by molar-refractivity contribution is 6.22. The van der Waals surface area contributed by atoms with E-state index in [1.54, 1.807) is 6.20 Å². The van der Waals surface area contributed by atoms with Crippen molar-refractivity contribution >= 4 is 11.6 Å². The van der Waals surface area contributed by atoms with Gasteiger partial charge in [0.05, 0.1) is 11.8 Å². The molecule has 0 amide bonds. The number of alkyl halides is 1. The fourth-order valence-corrected chi connectivity index (χ4v) is 2.01. The van der Waals surface area contributed by atoms with E-state index < -0.39 is 5.38 Å². The fraction of sp³-hybridized carbons (Fsp3) is 0.154. The summed E-state index contributed by atoms with van der Waals surface area (Å²) in [6, 6.07) is 9.61.